The van der Waals surface area contributed by atoms with Crippen LogP contribution in [0.4, 0.5) is 29.1 Å². The van der Waals surface area contributed by atoms with E-state index in [1.54, 1.807) is 47.4 Å². The number of anilines is 1. The van der Waals surface area contributed by atoms with Gasteiger partial charge >= 0.3 is 11.9 Å². The van der Waals surface area contributed by atoms with Crippen LogP contribution in [-0.4, -0.2) is 50.3 Å². The molecule has 11 nitrogen and oxygen atoms in total. The lowest BCUT2D eigenvalue weighted by Crippen LogP contribution is -2.51. The summed E-state index contributed by atoms with van der Waals surface area (Å²) >= 11 is 0. The number of benzene rings is 3. The highest BCUT2D eigenvalue weighted by molar-refractivity contribution is 5.37. The Bertz CT molecular complexity index is 1800. The van der Waals surface area contributed by atoms with E-state index in [9.17, 15) is 37.3 Å². The highest BCUT2D eigenvalue weighted by atomic mass is 19.4. The normalized spacial score (nSPS) is 14.8. The van der Waals surface area contributed by atoms with Gasteiger partial charge in [0.05, 0.1) is 23.6 Å². The highest BCUT2D eigenvalue weighted by Crippen LogP contribution is 2.33. The first-order valence-electron chi connectivity index (χ1n) is 14.0. The fourth-order valence-corrected chi connectivity index (χ4v) is 5.29. The molecule has 0 aliphatic carbocycles. The molecule has 1 aliphatic heterocycles. The minimum Gasteiger partial charge on any atom is -0.348 e. The van der Waals surface area contributed by atoms with Gasteiger partial charge in [-0.1, -0.05) is 48.5 Å². The molecule has 0 radical (unpaired) electrons. The summed E-state index contributed by atoms with van der Waals surface area (Å²) in [5, 5.41) is 15.3. The van der Waals surface area contributed by atoms with Crippen LogP contribution in [0.15, 0.2) is 82.4 Å². The van der Waals surface area contributed by atoms with Crippen molar-refractivity contribution in [1.82, 2.24) is 19.2 Å². The van der Waals surface area contributed by atoms with E-state index in [1.165, 1.54) is 12.1 Å². The van der Waals surface area contributed by atoms with Gasteiger partial charge in [0.25, 0.3) is 11.2 Å². The molecule has 0 bridgehead atoms. The van der Waals surface area contributed by atoms with Crippen molar-refractivity contribution in [3.05, 3.63) is 132 Å². The van der Waals surface area contributed by atoms with Crippen LogP contribution in [0, 0.1) is 15.9 Å². The molecular weight excluding hydrogens is 598 g/mol. The molecule has 236 valence electrons. The second-order valence-corrected chi connectivity index (χ2v) is 10.7. The van der Waals surface area contributed by atoms with Gasteiger partial charge in [0.1, 0.15) is 5.82 Å². The number of alkyl halides is 3. The molecule has 3 aromatic carbocycles. The first-order valence-corrected chi connectivity index (χ1v) is 14.0. The summed E-state index contributed by atoms with van der Waals surface area (Å²) in [5.74, 6) is -1.36. The van der Waals surface area contributed by atoms with E-state index >= 15 is 0 Å². The molecule has 1 saturated heterocycles. The Morgan fingerprint density at radius 2 is 1.62 bits per heavy atom. The van der Waals surface area contributed by atoms with E-state index in [0.717, 1.165) is 22.3 Å². The molecule has 1 fully saturated rings. The predicted molar refractivity (Wildman–Crippen MR) is 157 cm³/mol. The van der Waals surface area contributed by atoms with E-state index in [1.807, 2.05) is 4.90 Å². The summed E-state index contributed by atoms with van der Waals surface area (Å²) in [6.45, 7) is 0.581. The summed E-state index contributed by atoms with van der Waals surface area (Å²) in [6.07, 6.45) is -4.90. The predicted octanol–water partition coefficient (Wildman–Crippen LogP) is 3.54. The number of hydrogen-bond acceptors (Lipinski definition) is 8. The summed E-state index contributed by atoms with van der Waals surface area (Å²) in [4.78, 5) is 41.5. The first kappa shape index (κ1) is 31.5. The Morgan fingerprint density at radius 1 is 0.933 bits per heavy atom. The van der Waals surface area contributed by atoms with E-state index in [4.69, 9.17) is 5.73 Å². The number of non-ortho nitro benzene ring substituents is 1. The van der Waals surface area contributed by atoms with Crippen LogP contribution >= 0.6 is 0 Å². The zero-order chi connectivity index (χ0) is 32.3. The molecule has 1 atom stereocenters. The number of nitrogens with two attached hydrogens (primary N) is 1. The smallest absolute Gasteiger partial charge is 0.348 e. The molecule has 15 heteroatoms. The number of piperazine rings is 1. The number of aromatic nitrogens is 3. The van der Waals surface area contributed by atoms with Crippen LogP contribution in [0.3, 0.4) is 0 Å². The number of halogens is 4. The van der Waals surface area contributed by atoms with Crippen molar-refractivity contribution in [1.29, 1.82) is 0 Å². The molecule has 1 unspecified atom stereocenters. The molecule has 1 aromatic heterocycles. The molecule has 5 rings (SSSR count). The zero-order valence-electron chi connectivity index (χ0n) is 23.9. The molecule has 0 amide bonds. The van der Waals surface area contributed by atoms with E-state index in [-0.39, 0.29) is 31.1 Å². The van der Waals surface area contributed by atoms with Crippen molar-refractivity contribution in [3.8, 4) is 0 Å². The quantitative estimate of drug-likeness (QED) is 0.169. The molecule has 45 heavy (non-hydrogen) atoms. The molecular formula is C30H29F4N7O4. The van der Waals surface area contributed by atoms with Gasteiger partial charge < -0.3 is 10.6 Å². The Labute approximate surface area is 253 Å². The van der Waals surface area contributed by atoms with Crippen molar-refractivity contribution in [3.63, 3.8) is 0 Å². The Balaban J connectivity index is 1.47. The van der Waals surface area contributed by atoms with E-state index in [0.29, 0.717) is 35.9 Å². The Morgan fingerprint density at radius 3 is 2.29 bits per heavy atom. The third kappa shape index (κ3) is 7.10. The van der Waals surface area contributed by atoms with Crippen LogP contribution in [0.5, 0.6) is 0 Å². The maximum atomic E-state index is 14.8. The van der Waals surface area contributed by atoms with Gasteiger partial charge in [-0.25, -0.2) is 13.9 Å². The van der Waals surface area contributed by atoms with Gasteiger partial charge in [-0.3, -0.25) is 24.4 Å². The average Bonchev–Trinajstić information content (AvgIpc) is 3.02. The third-order valence-electron chi connectivity index (χ3n) is 7.64. The summed E-state index contributed by atoms with van der Waals surface area (Å²) in [7, 11) is 0. The summed E-state index contributed by atoms with van der Waals surface area (Å²) in [5.41, 5.74) is 3.79. The molecule has 2 N–H and O–H groups in total. The fraction of sp³-hybridized carbons (Fsp3) is 0.300. The lowest BCUT2D eigenvalue weighted by molar-refractivity contribution is -0.384. The second-order valence-electron chi connectivity index (χ2n) is 10.7. The van der Waals surface area contributed by atoms with Crippen molar-refractivity contribution >= 4 is 11.5 Å². The molecule has 1 aliphatic rings. The number of nitro benzene ring substituents is 1. The largest absolute Gasteiger partial charge is 0.416 e. The zero-order valence-corrected chi connectivity index (χ0v) is 23.9. The van der Waals surface area contributed by atoms with Crippen LogP contribution in [0.25, 0.3) is 0 Å². The molecule has 4 aromatic rings. The van der Waals surface area contributed by atoms with Crippen LogP contribution in [0.1, 0.15) is 28.3 Å². The molecule has 2 heterocycles. The minimum atomic E-state index is -4.90. The minimum absolute atomic E-state index is 0.0320. The number of rotatable bonds is 9. The van der Waals surface area contributed by atoms with Crippen LogP contribution in [-0.2, 0) is 25.8 Å². The van der Waals surface area contributed by atoms with Gasteiger partial charge in [-0.15, -0.1) is 5.10 Å². The van der Waals surface area contributed by atoms with Crippen LogP contribution < -0.4 is 21.9 Å². The highest BCUT2D eigenvalue weighted by Gasteiger charge is 2.35. The standard InChI is InChI=1S/C30H29F4N7O4/c31-25-11-5-10-24(30(32,33)34)23(25)18-40-29(43)39(19-26(35)21-7-2-1-3-8-21)28(42)27(36-40)38-14-12-37(13-15-38)17-20-6-4-9-22(16-20)41(44)45/h1-11,16,26H,12-15,17-19,35H2. The fourth-order valence-electron chi connectivity index (χ4n) is 5.29. The van der Waals surface area contributed by atoms with Crippen molar-refractivity contribution < 1.29 is 22.5 Å². The van der Waals surface area contributed by atoms with Crippen molar-refractivity contribution in [2.24, 2.45) is 5.73 Å². The van der Waals surface area contributed by atoms with Crippen LogP contribution in [0.2, 0.25) is 0 Å². The number of nitro groups is 1. The second kappa shape index (κ2) is 13.0. The SMILES string of the molecule is NC(Cn1c(=O)c(N2CCN(Cc3cccc([N+](=O)[O-])c3)CC2)nn(Cc2c(F)cccc2C(F)(F)F)c1=O)c1ccccc1. The van der Waals surface area contributed by atoms with E-state index in [2.05, 4.69) is 5.10 Å². The van der Waals surface area contributed by atoms with E-state index < -0.39 is 51.9 Å². The van der Waals surface area contributed by atoms with Crippen molar-refractivity contribution in [2.75, 3.05) is 31.1 Å². The van der Waals surface area contributed by atoms with Gasteiger partial charge in [0, 0.05) is 56.5 Å². The monoisotopic (exact) mass is 627 g/mol. The maximum absolute atomic E-state index is 14.8. The maximum Gasteiger partial charge on any atom is 0.416 e. The lowest BCUT2D eigenvalue weighted by atomic mass is 10.1. The lowest BCUT2D eigenvalue weighted by Gasteiger charge is -2.35. The number of nitrogens with zero attached hydrogens (tertiary/aromatic N) is 6. The van der Waals surface area contributed by atoms with Gasteiger partial charge in [-0.2, -0.15) is 13.2 Å². The first-order chi connectivity index (χ1) is 21.4. The topological polar surface area (TPSA) is 133 Å². The number of hydrogen-bond donors (Lipinski definition) is 1. The van der Waals surface area contributed by atoms with Crippen molar-refractivity contribution in [2.45, 2.75) is 31.9 Å². The summed E-state index contributed by atoms with van der Waals surface area (Å²) in [6, 6.07) is 16.6. The Kier molecular flexibility index (Phi) is 9.11. The molecule has 0 saturated carbocycles. The third-order valence-corrected chi connectivity index (χ3v) is 7.64. The van der Waals surface area contributed by atoms with Gasteiger partial charge in [-0.05, 0) is 23.3 Å². The van der Waals surface area contributed by atoms with Gasteiger partial charge in [0.2, 0.25) is 5.82 Å². The van der Waals surface area contributed by atoms with Gasteiger partial charge in [0.15, 0.2) is 0 Å². The average molecular weight is 628 g/mol. The molecule has 0 spiro atoms. The Hall–Kier alpha value is -4.89. The summed E-state index contributed by atoms with van der Waals surface area (Å²) < 4.78 is 57.6.